The summed E-state index contributed by atoms with van der Waals surface area (Å²) in [5.41, 5.74) is 4.11. The Labute approximate surface area is 89.6 Å². The fourth-order valence-electron chi connectivity index (χ4n) is 1.93. The predicted molar refractivity (Wildman–Crippen MR) is 58.6 cm³/mol. The van der Waals surface area contributed by atoms with Gasteiger partial charge in [-0.3, -0.25) is 5.84 Å². The summed E-state index contributed by atoms with van der Waals surface area (Å²) in [4.78, 5) is 8.46. The van der Waals surface area contributed by atoms with Gasteiger partial charge in [0, 0.05) is 12.4 Å². The van der Waals surface area contributed by atoms with Gasteiger partial charge in [0.05, 0.1) is 0 Å². The lowest BCUT2D eigenvalue weighted by Gasteiger charge is -2.21. The fourth-order valence-corrected chi connectivity index (χ4v) is 1.93. The fraction of sp³-hybridized carbons (Fsp3) is 0.455. The minimum atomic E-state index is -0.0218. The Balaban J connectivity index is 2.20. The van der Waals surface area contributed by atoms with Crippen LogP contribution in [0.15, 0.2) is 30.1 Å². The molecule has 1 aliphatic carbocycles. The molecular weight excluding hydrogens is 188 g/mol. The molecule has 1 aromatic rings. The summed E-state index contributed by atoms with van der Waals surface area (Å²) in [5.74, 6) is 6.32. The number of rotatable bonds is 3. The molecule has 1 atom stereocenters. The molecule has 15 heavy (non-hydrogen) atoms. The van der Waals surface area contributed by atoms with Crippen LogP contribution in [0.5, 0.6) is 0 Å². The van der Waals surface area contributed by atoms with Crippen molar-refractivity contribution in [3.8, 4) is 0 Å². The highest BCUT2D eigenvalue weighted by molar-refractivity contribution is 5.18. The second kappa shape index (κ2) is 5.00. The summed E-state index contributed by atoms with van der Waals surface area (Å²) in [6, 6.07) is 1.79. The molecule has 0 fully saturated rings. The summed E-state index contributed by atoms with van der Waals surface area (Å²) < 4.78 is 0. The van der Waals surface area contributed by atoms with E-state index in [1.54, 1.807) is 12.4 Å². The molecule has 4 heteroatoms. The van der Waals surface area contributed by atoms with Gasteiger partial charge in [0.15, 0.2) is 5.82 Å². The van der Waals surface area contributed by atoms with Crippen LogP contribution in [0, 0.1) is 0 Å². The summed E-state index contributed by atoms with van der Waals surface area (Å²) in [7, 11) is 0. The number of allylic oxidation sites excluding steroid dienone is 1. The van der Waals surface area contributed by atoms with Gasteiger partial charge < -0.3 is 0 Å². The van der Waals surface area contributed by atoms with Crippen LogP contribution >= 0.6 is 0 Å². The van der Waals surface area contributed by atoms with E-state index in [1.165, 1.54) is 18.4 Å². The Morgan fingerprint density at radius 3 is 2.67 bits per heavy atom. The number of nitrogens with zero attached hydrogens (tertiary/aromatic N) is 2. The molecule has 0 saturated carbocycles. The summed E-state index contributed by atoms with van der Waals surface area (Å²) in [6.45, 7) is 0. The molecule has 1 aromatic heterocycles. The minimum Gasteiger partial charge on any atom is -0.270 e. The molecule has 0 spiro atoms. The topological polar surface area (TPSA) is 63.8 Å². The van der Waals surface area contributed by atoms with Gasteiger partial charge in [-0.05, 0) is 37.3 Å². The molecule has 2 rings (SSSR count). The van der Waals surface area contributed by atoms with Crippen molar-refractivity contribution in [3.63, 3.8) is 0 Å². The van der Waals surface area contributed by atoms with E-state index < -0.39 is 0 Å². The van der Waals surface area contributed by atoms with Gasteiger partial charge in [0.25, 0.3) is 0 Å². The van der Waals surface area contributed by atoms with E-state index in [1.807, 2.05) is 6.07 Å². The zero-order valence-electron chi connectivity index (χ0n) is 8.69. The second-order valence-electron chi connectivity index (χ2n) is 3.73. The minimum absolute atomic E-state index is 0.0218. The maximum absolute atomic E-state index is 5.56. The van der Waals surface area contributed by atoms with Crippen LogP contribution < -0.4 is 11.3 Å². The predicted octanol–water partition coefficient (Wildman–Crippen LogP) is 1.48. The largest absolute Gasteiger partial charge is 0.270 e. The molecule has 0 aliphatic heterocycles. The summed E-state index contributed by atoms with van der Waals surface area (Å²) in [5, 5.41) is 0. The first kappa shape index (κ1) is 10.3. The van der Waals surface area contributed by atoms with Crippen molar-refractivity contribution in [2.75, 3.05) is 0 Å². The Morgan fingerprint density at radius 2 is 2.07 bits per heavy atom. The molecule has 80 valence electrons. The van der Waals surface area contributed by atoms with Crippen molar-refractivity contribution < 1.29 is 0 Å². The summed E-state index contributed by atoms with van der Waals surface area (Å²) >= 11 is 0. The number of nitrogens with one attached hydrogen (secondary N) is 1. The number of nitrogens with two attached hydrogens (primary N) is 1. The van der Waals surface area contributed by atoms with Crippen LogP contribution in [0.3, 0.4) is 0 Å². The van der Waals surface area contributed by atoms with Gasteiger partial charge in [-0.15, -0.1) is 0 Å². The van der Waals surface area contributed by atoms with Crippen LogP contribution in [0.2, 0.25) is 0 Å². The Bertz CT molecular complexity index is 334. The maximum Gasteiger partial charge on any atom is 0.150 e. The summed E-state index contributed by atoms with van der Waals surface area (Å²) in [6.07, 6.45) is 10.5. The quantitative estimate of drug-likeness (QED) is 0.445. The van der Waals surface area contributed by atoms with Gasteiger partial charge in [-0.25, -0.2) is 15.4 Å². The standard InChI is InChI=1S/C11H16N4/c12-15-10(9-5-2-1-3-6-9)11-13-7-4-8-14-11/h4-5,7-8,10,15H,1-3,6,12H2. The number of hydrazine groups is 1. The van der Waals surface area contributed by atoms with Gasteiger partial charge >= 0.3 is 0 Å². The molecule has 1 unspecified atom stereocenters. The van der Waals surface area contributed by atoms with Crippen LogP contribution in [0.4, 0.5) is 0 Å². The molecule has 0 radical (unpaired) electrons. The molecule has 0 saturated heterocycles. The van der Waals surface area contributed by atoms with Crippen LogP contribution in [-0.4, -0.2) is 9.97 Å². The van der Waals surface area contributed by atoms with Crippen LogP contribution in [0.25, 0.3) is 0 Å². The average Bonchev–Trinajstić information content (AvgIpc) is 2.33. The number of hydrogen-bond donors (Lipinski definition) is 2. The molecule has 3 N–H and O–H groups in total. The third-order valence-electron chi connectivity index (χ3n) is 2.71. The smallest absolute Gasteiger partial charge is 0.150 e. The molecule has 4 nitrogen and oxygen atoms in total. The van der Waals surface area contributed by atoms with E-state index in [2.05, 4.69) is 21.5 Å². The first-order valence-corrected chi connectivity index (χ1v) is 5.34. The van der Waals surface area contributed by atoms with Crippen molar-refractivity contribution in [2.45, 2.75) is 31.7 Å². The molecule has 0 aromatic carbocycles. The first-order chi connectivity index (χ1) is 7.42. The van der Waals surface area contributed by atoms with E-state index in [0.29, 0.717) is 0 Å². The lowest BCUT2D eigenvalue weighted by molar-refractivity contribution is 0.543. The highest BCUT2D eigenvalue weighted by atomic mass is 15.2. The third-order valence-corrected chi connectivity index (χ3v) is 2.71. The highest BCUT2D eigenvalue weighted by Crippen LogP contribution is 2.27. The normalized spacial score (nSPS) is 18.3. The first-order valence-electron chi connectivity index (χ1n) is 5.34. The maximum atomic E-state index is 5.56. The Kier molecular flexibility index (Phi) is 3.42. The average molecular weight is 204 g/mol. The number of aromatic nitrogens is 2. The van der Waals surface area contributed by atoms with E-state index in [9.17, 15) is 0 Å². The molecule has 0 amide bonds. The Morgan fingerprint density at radius 1 is 1.27 bits per heavy atom. The second-order valence-corrected chi connectivity index (χ2v) is 3.73. The Hall–Kier alpha value is -1.26. The van der Waals surface area contributed by atoms with E-state index in [0.717, 1.165) is 18.7 Å². The van der Waals surface area contributed by atoms with Crippen molar-refractivity contribution in [3.05, 3.63) is 35.9 Å². The lowest BCUT2D eigenvalue weighted by atomic mass is 9.94. The molecular formula is C11H16N4. The zero-order chi connectivity index (χ0) is 10.5. The van der Waals surface area contributed by atoms with Gasteiger partial charge in [0.1, 0.15) is 6.04 Å². The van der Waals surface area contributed by atoms with E-state index in [-0.39, 0.29) is 6.04 Å². The zero-order valence-corrected chi connectivity index (χ0v) is 8.69. The van der Waals surface area contributed by atoms with E-state index >= 15 is 0 Å². The van der Waals surface area contributed by atoms with Crippen LogP contribution in [-0.2, 0) is 0 Å². The third kappa shape index (κ3) is 2.40. The van der Waals surface area contributed by atoms with Crippen molar-refractivity contribution in [1.29, 1.82) is 0 Å². The van der Waals surface area contributed by atoms with Crippen molar-refractivity contribution in [2.24, 2.45) is 5.84 Å². The molecule has 1 heterocycles. The SMILES string of the molecule is NNC(C1=CCCCC1)c1ncccn1. The van der Waals surface area contributed by atoms with Crippen LogP contribution in [0.1, 0.15) is 37.5 Å². The van der Waals surface area contributed by atoms with Gasteiger partial charge in [-0.1, -0.05) is 6.08 Å². The highest BCUT2D eigenvalue weighted by Gasteiger charge is 2.18. The monoisotopic (exact) mass is 204 g/mol. The van der Waals surface area contributed by atoms with Crippen molar-refractivity contribution in [1.82, 2.24) is 15.4 Å². The molecule has 1 aliphatic rings. The van der Waals surface area contributed by atoms with E-state index in [4.69, 9.17) is 5.84 Å². The molecule has 0 bridgehead atoms. The van der Waals surface area contributed by atoms with Gasteiger partial charge in [-0.2, -0.15) is 0 Å². The lowest BCUT2D eigenvalue weighted by Crippen LogP contribution is -2.31. The van der Waals surface area contributed by atoms with Crippen molar-refractivity contribution >= 4 is 0 Å². The number of hydrogen-bond acceptors (Lipinski definition) is 4. The van der Waals surface area contributed by atoms with Gasteiger partial charge in [0.2, 0.25) is 0 Å².